The highest BCUT2D eigenvalue weighted by Crippen LogP contribution is 2.69. The maximum atomic E-state index is 12.2. The summed E-state index contributed by atoms with van der Waals surface area (Å²) in [6.45, 7) is 7.99. The maximum absolute atomic E-state index is 12.2. The minimum Gasteiger partial charge on any atom is -0.322 e. The average Bonchev–Trinajstić information content (AvgIpc) is 2.17. The molecule has 1 rings (SSSR count). The molecule has 0 aliphatic carbocycles. The molecule has 0 aromatic heterocycles. The Labute approximate surface area is 92.6 Å². The van der Waals surface area contributed by atoms with E-state index in [9.17, 15) is 4.57 Å². The van der Waals surface area contributed by atoms with Crippen LogP contribution in [0.2, 0.25) is 0 Å². The van der Waals surface area contributed by atoms with E-state index in [0.717, 1.165) is 6.54 Å². The number of nitrogens with zero attached hydrogens (tertiary/aromatic N) is 1. The van der Waals surface area contributed by atoms with Gasteiger partial charge in [0.25, 0.3) is 16.0 Å². The minimum absolute atomic E-state index is 0.467. The molecule has 1 fully saturated rings. The fourth-order valence-electron chi connectivity index (χ4n) is 1.27. The van der Waals surface area contributed by atoms with E-state index in [1.807, 2.05) is 20.8 Å². The van der Waals surface area contributed by atoms with Gasteiger partial charge in [-0.1, -0.05) is 0 Å². The smallest absolute Gasteiger partial charge is 0.280 e. The quantitative estimate of drug-likeness (QED) is 0.654. The summed E-state index contributed by atoms with van der Waals surface area (Å²) in [5, 5.41) is 0. The summed E-state index contributed by atoms with van der Waals surface area (Å²) in [5.74, 6) is 0. The van der Waals surface area contributed by atoms with Gasteiger partial charge in [-0.3, -0.25) is 4.57 Å². The molecule has 0 saturated carbocycles. The third kappa shape index (κ3) is 3.23. The fourth-order valence-corrected chi connectivity index (χ4v) is 5.48. The molecule has 1 unspecified atom stereocenters. The Morgan fingerprint density at radius 1 is 1.20 bits per heavy atom. The van der Waals surface area contributed by atoms with Crippen molar-refractivity contribution >= 4 is 16.0 Å². The Hall–Kier alpha value is 0.500. The lowest BCUT2D eigenvalue weighted by molar-refractivity contribution is 0.218. The van der Waals surface area contributed by atoms with Crippen LogP contribution in [-0.2, 0) is 18.1 Å². The molecule has 0 radical (unpaired) electrons. The molecule has 1 aliphatic rings. The van der Waals surface area contributed by atoms with Crippen molar-refractivity contribution in [2.45, 2.75) is 20.8 Å². The first kappa shape index (κ1) is 13.6. The summed E-state index contributed by atoms with van der Waals surface area (Å²) in [4.78, 5) is 0. The van der Waals surface area contributed by atoms with Crippen LogP contribution in [0.4, 0.5) is 0 Å². The first-order valence-electron chi connectivity index (χ1n) is 5.25. The Morgan fingerprint density at radius 3 is 2.13 bits per heavy atom. The molecule has 0 N–H and O–H groups in total. The molecular formula is C8H19NO4P2. The normalized spacial score (nSPS) is 26.9. The summed E-state index contributed by atoms with van der Waals surface area (Å²) in [5.41, 5.74) is 0. The van der Waals surface area contributed by atoms with E-state index in [2.05, 4.69) is 0 Å². The van der Waals surface area contributed by atoms with Gasteiger partial charge in [0.1, 0.15) is 0 Å². The molecule has 1 atom stereocenters. The van der Waals surface area contributed by atoms with Gasteiger partial charge in [0.15, 0.2) is 0 Å². The van der Waals surface area contributed by atoms with Gasteiger partial charge < -0.3 is 13.6 Å². The van der Waals surface area contributed by atoms with E-state index < -0.39 is 16.0 Å². The third-order valence-electron chi connectivity index (χ3n) is 1.93. The molecule has 7 heteroatoms. The third-order valence-corrected chi connectivity index (χ3v) is 7.05. The molecule has 0 aromatic rings. The van der Waals surface area contributed by atoms with Crippen molar-refractivity contribution in [3.8, 4) is 0 Å². The van der Waals surface area contributed by atoms with Gasteiger partial charge in [-0.05, 0) is 20.8 Å². The monoisotopic (exact) mass is 255 g/mol. The molecule has 1 aliphatic heterocycles. The molecule has 15 heavy (non-hydrogen) atoms. The molecule has 0 aromatic carbocycles. The summed E-state index contributed by atoms with van der Waals surface area (Å²) in [7, 11) is -3.80. The summed E-state index contributed by atoms with van der Waals surface area (Å²) < 4.78 is 30.1. The zero-order chi connectivity index (χ0) is 11.3. The second kappa shape index (κ2) is 6.29. The van der Waals surface area contributed by atoms with Crippen LogP contribution in [0.25, 0.3) is 0 Å². The Morgan fingerprint density at radius 2 is 1.80 bits per heavy atom. The van der Waals surface area contributed by atoms with Crippen LogP contribution in [0.3, 0.4) is 0 Å². The molecule has 90 valence electrons. The Balaban J connectivity index is 2.56. The fraction of sp³-hybridized carbons (Fsp3) is 1.00. The van der Waals surface area contributed by atoms with Crippen molar-refractivity contribution in [1.29, 1.82) is 0 Å². The van der Waals surface area contributed by atoms with E-state index in [-0.39, 0.29) is 0 Å². The first-order valence-corrected chi connectivity index (χ1v) is 8.14. The van der Waals surface area contributed by atoms with Gasteiger partial charge in [-0.25, -0.2) is 0 Å². The highest BCUT2D eigenvalue weighted by Gasteiger charge is 2.47. The van der Waals surface area contributed by atoms with Gasteiger partial charge >= 0.3 is 0 Å². The number of hydrogen-bond donors (Lipinski definition) is 0. The van der Waals surface area contributed by atoms with Crippen molar-refractivity contribution in [1.82, 2.24) is 4.44 Å². The first-order chi connectivity index (χ1) is 7.18. The lowest BCUT2D eigenvalue weighted by Crippen LogP contribution is -2.34. The maximum Gasteiger partial charge on any atom is 0.280 e. The topological polar surface area (TPSA) is 48.0 Å². The zero-order valence-corrected chi connectivity index (χ0v) is 11.3. The lowest BCUT2D eigenvalue weighted by atomic mass is 10.8. The SMILES string of the molecule is CCOP(OCC)N1CCP1(=O)OCC. The summed E-state index contributed by atoms with van der Waals surface area (Å²) in [6.07, 6.45) is 0.611. The van der Waals surface area contributed by atoms with Crippen molar-refractivity contribution < 1.29 is 18.1 Å². The predicted octanol–water partition coefficient (Wildman–Crippen LogP) is 2.83. The van der Waals surface area contributed by atoms with E-state index in [1.165, 1.54) is 0 Å². The van der Waals surface area contributed by atoms with E-state index in [4.69, 9.17) is 13.6 Å². The summed E-state index contributed by atoms with van der Waals surface area (Å²) in [6, 6.07) is 0. The average molecular weight is 255 g/mol. The van der Waals surface area contributed by atoms with Crippen LogP contribution in [0.15, 0.2) is 0 Å². The second-order valence-electron chi connectivity index (χ2n) is 2.95. The lowest BCUT2D eigenvalue weighted by Gasteiger charge is -2.41. The van der Waals surface area contributed by atoms with Crippen molar-refractivity contribution in [2.75, 3.05) is 32.5 Å². The highest BCUT2D eigenvalue weighted by atomic mass is 31.2. The van der Waals surface area contributed by atoms with Crippen LogP contribution >= 0.6 is 16.0 Å². The molecular weight excluding hydrogens is 236 g/mol. The molecule has 1 saturated heterocycles. The van der Waals surface area contributed by atoms with Gasteiger partial charge in [-0.2, -0.15) is 4.44 Å². The molecule has 1 heterocycles. The van der Waals surface area contributed by atoms with Gasteiger partial charge in [0.2, 0.25) is 0 Å². The van der Waals surface area contributed by atoms with Crippen LogP contribution in [-0.4, -0.2) is 37.0 Å². The van der Waals surface area contributed by atoms with Crippen LogP contribution in [0, 0.1) is 0 Å². The van der Waals surface area contributed by atoms with E-state index >= 15 is 0 Å². The zero-order valence-electron chi connectivity index (χ0n) is 9.51. The minimum atomic E-state index is -2.61. The van der Waals surface area contributed by atoms with Crippen molar-refractivity contribution in [3.05, 3.63) is 0 Å². The van der Waals surface area contributed by atoms with Gasteiger partial charge in [-0.15, -0.1) is 0 Å². The number of rotatable bonds is 7. The molecule has 0 bridgehead atoms. The van der Waals surface area contributed by atoms with Gasteiger partial charge in [0, 0.05) is 6.54 Å². The van der Waals surface area contributed by atoms with Crippen LogP contribution in [0.1, 0.15) is 20.8 Å². The Bertz CT molecular complexity index is 233. The van der Waals surface area contributed by atoms with E-state index in [0.29, 0.717) is 26.0 Å². The van der Waals surface area contributed by atoms with Crippen LogP contribution < -0.4 is 0 Å². The largest absolute Gasteiger partial charge is 0.322 e. The highest BCUT2D eigenvalue weighted by molar-refractivity contribution is 7.68. The van der Waals surface area contributed by atoms with E-state index in [1.54, 1.807) is 4.44 Å². The standard InChI is InChI=1S/C8H19NO4P2/c1-4-11-14(12-5-2)9-7-8-15(9,10)13-6-3/h4-8H2,1-3H3. The summed E-state index contributed by atoms with van der Waals surface area (Å²) >= 11 is 0. The molecule has 5 nitrogen and oxygen atoms in total. The number of hydrogen-bond acceptors (Lipinski definition) is 4. The molecule has 0 amide bonds. The Kier molecular flexibility index (Phi) is 5.69. The van der Waals surface area contributed by atoms with Crippen molar-refractivity contribution in [3.63, 3.8) is 0 Å². The second-order valence-corrected chi connectivity index (χ2v) is 7.20. The molecule has 0 spiro atoms. The predicted molar refractivity (Wildman–Crippen MR) is 61.0 cm³/mol. The van der Waals surface area contributed by atoms with Gasteiger partial charge in [0.05, 0.1) is 26.0 Å². The van der Waals surface area contributed by atoms with Crippen LogP contribution in [0.5, 0.6) is 0 Å². The van der Waals surface area contributed by atoms with Crippen molar-refractivity contribution in [2.24, 2.45) is 0 Å².